The largest absolute Gasteiger partial charge is 0.530 e. The van der Waals surface area contributed by atoms with E-state index in [0.29, 0.717) is 5.69 Å². The van der Waals surface area contributed by atoms with Gasteiger partial charge in [-0.2, -0.15) is 13.2 Å². The molecule has 1 aliphatic heterocycles. The van der Waals surface area contributed by atoms with Gasteiger partial charge in [-0.05, 0) is 31.2 Å². The van der Waals surface area contributed by atoms with Crippen molar-refractivity contribution < 1.29 is 27.3 Å². The highest BCUT2D eigenvalue weighted by atomic mass is 32.2. The molecule has 0 aliphatic carbocycles. The number of hydrogen-bond acceptors (Lipinski definition) is 5. The van der Waals surface area contributed by atoms with Gasteiger partial charge in [0, 0.05) is 18.8 Å². The number of nitrogens with zero attached hydrogens (tertiary/aromatic N) is 2. The molecule has 1 fully saturated rings. The topological polar surface area (TPSA) is 87.5 Å². The van der Waals surface area contributed by atoms with Crippen molar-refractivity contribution in [3.63, 3.8) is 0 Å². The number of nitrogens with one attached hydrogen (secondary N) is 1. The summed E-state index contributed by atoms with van der Waals surface area (Å²) in [5, 5.41) is 11.0. The van der Waals surface area contributed by atoms with Crippen LogP contribution < -0.4 is 10.0 Å². The van der Waals surface area contributed by atoms with E-state index in [1.54, 1.807) is 11.8 Å². The average molecular weight is 374 g/mol. The standard InChI is InChI=1S/C15H16F3N3O3S/c1-2-3-12-10-20(14(22)23)8-9-21(12)11-4-6-13(7-5-11)25(19,24)15(16,17)18/h4-7,12,19H,8-10H2,1H3,(H,22,23)/p-1/t12-,25?/m0/s1. The van der Waals surface area contributed by atoms with Crippen molar-refractivity contribution in [3.05, 3.63) is 24.3 Å². The molecule has 1 unspecified atom stereocenters. The monoisotopic (exact) mass is 374 g/mol. The van der Waals surface area contributed by atoms with Gasteiger partial charge in [0.15, 0.2) is 9.73 Å². The van der Waals surface area contributed by atoms with Crippen LogP contribution >= 0.6 is 0 Å². The number of alkyl halides is 3. The van der Waals surface area contributed by atoms with Crippen LogP contribution in [-0.2, 0) is 9.73 Å². The van der Waals surface area contributed by atoms with E-state index < -0.39 is 32.3 Å². The highest BCUT2D eigenvalue weighted by Crippen LogP contribution is 2.32. The van der Waals surface area contributed by atoms with E-state index in [4.69, 9.17) is 4.78 Å². The lowest BCUT2D eigenvalue weighted by atomic mass is 10.1. The van der Waals surface area contributed by atoms with Gasteiger partial charge in [0.2, 0.25) is 0 Å². The molecule has 2 atom stereocenters. The normalized spacial score (nSPS) is 20.4. The van der Waals surface area contributed by atoms with Crippen molar-refractivity contribution in [3.8, 4) is 11.8 Å². The third kappa shape index (κ3) is 3.82. The minimum Gasteiger partial charge on any atom is -0.530 e. The van der Waals surface area contributed by atoms with Crippen LogP contribution in [0, 0.1) is 16.6 Å². The molecule has 0 aromatic heterocycles. The Morgan fingerprint density at radius 1 is 1.32 bits per heavy atom. The van der Waals surface area contributed by atoms with Gasteiger partial charge in [0.25, 0.3) is 0 Å². The second kappa shape index (κ2) is 6.84. The smallest absolute Gasteiger partial charge is 0.483 e. The van der Waals surface area contributed by atoms with Crippen LogP contribution in [0.1, 0.15) is 6.92 Å². The van der Waals surface area contributed by atoms with Gasteiger partial charge >= 0.3 is 5.51 Å². The van der Waals surface area contributed by atoms with Crippen molar-refractivity contribution >= 4 is 21.5 Å². The van der Waals surface area contributed by atoms with Crippen LogP contribution in [0.3, 0.4) is 0 Å². The maximum atomic E-state index is 12.7. The van der Waals surface area contributed by atoms with E-state index in [-0.39, 0.29) is 19.6 Å². The van der Waals surface area contributed by atoms with Gasteiger partial charge in [-0.25, -0.2) is 8.99 Å². The van der Waals surface area contributed by atoms with Gasteiger partial charge in [0.1, 0.15) is 12.1 Å². The number of hydrogen-bond donors (Lipinski definition) is 1. The third-order valence-electron chi connectivity index (χ3n) is 3.78. The SMILES string of the molecule is CC#C[C@H]1CN(C(=O)[O-])CCN1c1ccc(S(=N)(=O)C(F)(F)F)cc1. The van der Waals surface area contributed by atoms with Gasteiger partial charge in [0.05, 0.1) is 11.4 Å². The Bertz CT molecular complexity index is 810. The first-order valence-electron chi connectivity index (χ1n) is 7.18. The van der Waals surface area contributed by atoms with Crippen LogP contribution in [-0.4, -0.2) is 46.4 Å². The number of carboxylic acid groups (broad SMARTS) is 1. The minimum atomic E-state index is -5.15. The molecule has 0 radical (unpaired) electrons. The Morgan fingerprint density at radius 3 is 2.40 bits per heavy atom. The molecule has 0 spiro atoms. The summed E-state index contributed by atoms with van der Waals surface area (Å²) in [6.45, 7) is 2.13. The summed E-state index contributed by atoms with van der Waals surface area (Å²) in [6, 6.07) is 4.17. The Labute approximate surface area is 143 Å². The van der Waals surface area contributed by atoms with Gasteiger partial charge in [-0.3, -0.25) is 0 Å². The Balaban J connectivity index is 2.29. The Morgan fingerprint density at radius 2 is 1.92 bits per heavy atom. The zero-order chi connectivity index (χ0) is 18.8. The molecule has 1 heterocycles. The number of carbonyl (C=O) groups is 1. The fourth-order valence-electron chi connectivity index (χ4n) is 2.51. The predicted octanol–water partition coefficient (Wildman–Crippen LogP) is 1.47. The molecule has 2 rings (SSSR count). The van der Waals surface area contributed by atoms with E-state index in [1.807, 2.05) is 0 Å². The Kier molecular flexibility index (Phi) is 5.17. The lowest BCUT2D eigenvalue weighted by Gasteiger charge is -2.41. The van der Waals surface area contributed by atoms with Crippen molar-refractivity contribution in [2.45, 2.75) is 23.4 Å². The molecule has 0 bridgehead atoms. The fraction of sp³-hybridized carbons (Fsp3) is 0.400. The first-order valence-corrected chi connectivity index (χ1v) is 8.73. The van der Waals surface area contributed by atoms with Crippen LogP contribution in [0.25, 0.3) is 0 Å². The maximum Gasteiger partial charge on any atom is 0.483 e. The second-order valence-corrected chi connectivity index (χ2v) is 7.36. The third-order valence-corrected chi connectivity index (χ3v) is 5.36. The number of amides is 1. The molecule has 1 aliphatic rings. The summed E-state index contributed by atoms with van der Waals surface area (Å²) in [5.41, 5.74) is -4.64. The van der Waals surface area contributed by atoms with E-state index in [9.17, 15) is 27.3 Å². The van der Waals surface area contributed by atoms with E-state index in [2.05, 4.69) is 11.8 Å². The second-order valence-electron chi connectivity index (χ2n) is 5.31. The van der Waals surface area contributed by atoms with Gasteiger partial charge in [-0.1, -0.05) is 5.92 Å². The van der Waals surface area contributed by atoms with Crippen LogP contribution in [0.2, 0.25) is 0 Å². The zero-order valence-corrected chi connectivity index (χ0v) is 14.0. The Hall–Kier alpha value is -2.41. The first kappa shape index (κ1) is 18.9. The van der Waals surface area contributed by atoms with Crippen molar-refractivity contribution in [2.75, 3.05) is 24.5 Å². The molecule has 1 N–H and O–H groups in total. The van der Waals surface area contributed by atoms with Crippen molar-refractivity contribution in [1.82, 2.24) is 4.90 Å². The molecule has 1 saturated heterocycles. The predicted molar refractivity (Wildman–Crippen MR) is 83.2 cm³/mol. The quantitative estimate of drug-likeness (QED) is 0.794. The summed E-state index contributed by atoms with van der Waals surface area (Å²) in [5.74, 6) is 5.55. The van der Waals surface area contributed by atoms with E-state index in [1.165, 1.54) is 12.1 Å². The summed E-state index contributed by atoms with van der Waals surface area (Å²) in [4.78, 5) is 13.2. The first-order chi connectivity index (χ1) is 11.6. The van der Waals surface area contributed by atoms with Crippen LogP contribution in [0.15, 0.2) is 29.2 Å². The number of anilines is 1. The summed E-state index contributed by atoms with van der Waals surface area (Å²) < 4.78 is 56.8. The molecule has 1 amide bonds. The molecule has 0 saturated carbocycles. The van der Waals surface area contributed by atoms with Crippen LogP contribution in [0.5, 0.6) is 0 Å². The summed E-state index contributed by atoms with van der Waals surface area (Å²) in [6.07, 6.45) is -1.31. The molecule has 136 valence electrons. The number of piperazine rings is 1. The highest BCUT2D eigenvalue weighted by molar-refractivity contribution is 7.93. The molecule has 6 nitrogen and oxygen atoms in total. The molecule has 25 heavy (non-hydrogen) atoms. The van der Waals surface area contributed by atoms with Gasteiger partial charge < -0.3 is 19.7 Å². The van der Waals surface area contributed by atoms with Gasteiger partial charge in [-0.15, -0.1) is 5.92 Å². The summed E-state index contributed by atoms with van der Waals surface area (Å²) >= 11 is 0. The lowest BCUT2D eigenvalue weighted by Crippen LogP contribution is -2.57. The minimum absolute atomic E-state index is 0.0860. The van der Waals surface area contributed by atoms with Crippen molar-refractivity contribution in [1.29, 1.82) is 4.78 Å². The lowest BCUT2D eigenvalue weighted by molar-refractivity contribution is -0.266. The van der Waals surface area contributed by atoms with E-state index in [0.717, 1.165) is 17.0 Å². The van der Waals surface area contributed by atoms with E-state index >= 15 is 0 Å². The number of benzene rings is 1. The molecule has 1 aromatic carbocycles. The number of carbonyl (C=O) groups excluding carboxylic acids is 1. The zero-order valence-electron chi connectivity index (χ0n) is 13.2. The molecular formula is C15H15F3N3O3S-. The summed E-state index contributed by atoms with van der Waals surface area (Å²) in [7, 11) is -4.91. The van der Waals surface area contributed by atoms with Crippen molar-refractivity contribution in [2.24, 2.45) is 0 Å². The van der Waals surface area contributed by atoms with Crippen LogP contribution in [0.4, 0.5) is 23.7 Å². The average Bonchev–Trinajstić information content (AvgIpc) is 2.54. The number of rotatable bonds is 2. The molecule has 10 heteroatoms. The maximum absolute atomic E-state index is 12.7. The number of halogens is 3. The molecule has 1 aromatic rings. The fourth-order valence-corrected chi connectivity index (χ4v) is 3.30. The highest BCUT2D eigenvalue weighted by Gasteiger charge is 2.43. The molecular weight excluding hydrogens is 359 g/mol.